The first-order valence-electron chi connectivity index (χ1n) is 4.55. The smallest absolute Gasteiger partial charge is 0.271 e. The summed E-state index contributed by atoms with van der Waals surface area (Å²) in [5.74, 6) is 6.15. The molecule has 0 radical (unpaired) electrons. The number of nitrogens with one attached hydrogen (secondary N) is 1. The molecule has 0 aliphatic carbocycles. The molecule has 1 aromatic rings. The summed E-state index contributed by atoms with van der Waals surface area (Å²) in [6, 6.07) is 4.99. The van der Waals surface area contributed by atoms with Gasteiger partial charge in [-0.15, -0.1) is 0 Å². The van der Waals surface area contributed by atoms with Gasteiger partial charge >= 0.3 is 0 Å². The summed E-state index contributed by atoms with van der Waals surface area (Å²) in [7, 11) is 3.07. The van der Waals surface area contributed by atoms with Crippen LogP contribution in [0.4, 0.5) is 0 Å². The van der Waals surface area contributed by atoms with E-state index < -0.39 is 5.91 Å². The van der Waals surface area contributed by atoms with Gasteiger partial charge in [0, 0.05) is 18.2 Å². The molecule has 1 amide bonds. The lowest BCUT2D eigenvalue weighted by Gasteiger charge is -2.09. The van der Waals surface area contributed by atoms with E-state index >= 15 is 0 Å². The van der Waals surface area contributed by atoms with Crippen molar-refractivity contribution in [3.05, 3.63) is 18.2 Å². The van der Waals surface area contributed by atoms with Crippen molar-refractivity contribution in [2.24, 2.45) is 5.84 Å². The summed E-state index contributed by atoms with van der Waals surface area (Å²) < 4.78 is 15.3. The summed E-state index contributed by atoms with van der Waals surface area (Å²) >= 11 is 0. The second kappa shape index (κ2) is 5.82. The van der Waals surface area contributed by atoms with Gasteiger partial charge in [0.05, 0.1) is 14.2 Å². The Kier molecular flexibility index (Phi) is 4.41. The number of hydrogen-bond donors (Lipinski definition) is 2. The van der Waals surface area contributed by atoms with Crippen molar-refractivity contribution in [2.45, 2.75) is 0 Å². The zero-order valence-corrected chi connectivity index (χ0v) is 9.15. The number of ether oxygens (including phenoxy) is 3. The molecule has 0 aromatic heterocycles. The predicted octanol–water partition coefficient (Wildman–Crippen LogP) is 0.0725. The third-order valence-electron chi connectivity index (χ3n) is 1.86. The van der Waals surface area contributed by atoms with Crippen LogP contribution in [0.3, 0.4) is 0 Å². The molecule has 0 heterocycles. The quantitative estimate of drug-likeness (QED) is 0.422. The standard InChI is InChI=1S/C10H14N2O4/c1-14-7-3-8(15-2)5-9(4-7)16-6-10(13)12-11/h3-5H,6,11H2,1-2H3,(H,12,13). The van der Waals surface area contributed by atoms with Crippen LogP contribution in [0.5, 0.6) is 17.2 Å². The van der Waals surface area contributed by atoms with Gasteiger partial charge in [0.2, 0.25) is 0 Å². The minimum atomic E-state index is -0.415. The van der Waals surface area contributed by atoms with Gasteiger partial charge in [-0.3, -0.25) is 10.2 Å². The summed E-state index contributed by atoms with van der Waals surface area (Å²) in [5, 5.41) is 0. The number of benzene rings is 1. The van der Waals surface area contributed by atoms with Crippen LogP contribution in [-0.2, 0) is 4.79 Å². The lowest BCUT2D eigenvalue weighted by molar-refractivity contribution is -0.123. The zero-order chi connectivity index (χ0) is 12.0. The zero-order valence-electron chi connectivity index (χ0n) is 9.15. The highest BCUT2D eigenvalue weighted by Gasteiger charge is 2.04. The molecular weight excluding hydrogens is 212 g/mol. The highest BCUT2D eigenvalue weighted by molar-refractivity contribution is 5.76. The van der Waals surface area contributed by atoms with Crippen molar-refractivity contribution in [3.8, 4) is 17.2 Å². The number of carbonyl (C=O) groups is 1. The molecule has 1 rings (SSSR count). The highest BCUT2D eigenvalue weighted by atomic mass is 16.5. The van der Waals surface area contributed by atoms with E-state index in [2.05, 4.69) is 0 Å². The van der Waals surface area contributed by atoms with Crippen LogP contribution in [0.15, 0.2) is 18.2 Å². The summed E-state index contributed by atoms with van der Waals surface area (Å²) in [6.07, 6.45) is 0. The summed E-state index contributed by atoms with van der Waals surface area (Å²) in [4.78, 5) is 10.9. The third kappa shape index (κ3) is 3.32. The van der Waals surface area contributed by atoms with Gasteiger partial charge in [-0.25, -0.2) is 5.84 Å². The Balaban J connectivity index is 2.74. The molecule has 88 valence electrons. The van der Waals surface area contributed by atoms with Crippen LogP contribution in [-0.4, -0.2) is 26.7 Å². The number of rotatable bonds is 5. The first-order chi connectivity index (χ1) is 7.69. The van der Waals surface area contributed by atoms with Gasteiger partial charge < -0.3 is 14.2 Å². The van der Waals surface area contributed by atoms with Crippen molar-refractivity contribution in [1.29, 1.82) is 0 Å². The molecule has 1 aromatic carbocycles. The van der Waals surface area contributed by atoms with E-state index in [0.717, 1.165) is 0 Å². The van der Waals surface area contributed by atoms with E-state index in [9.17, 15) is 4.79 Å². The average molecular weight is 226 g/mol. The van der Waals surface area contributed by atoms with Gasteiger partial charge in [-0.2, -0.15) is 0 Å². The maximum absolute atomic E-state index is 10.9. The molecule has 0 unspecified atom stereocenters. The van der Waals surface area contributed by atoms with E-state index in [1.54, 1.807) is 18.2 Å². The fourth-order valence-electron chi connectivity index (χ4n) is 1.06. The number of nitrogens with two attached hydrogens (primary N) is 1. The van der Waals surface area contributed by atoms with Crippen LogP contribution >= 0.6 is 0 Å². The Morgan fingerprint density at radius 2 is 1.69 bits per heavy atom. The van der Waals surface area contributed by atoms with Crippen molar-refractivity contribution >= 4 is 5.91 Å². The van der Waals surface area contributed by atoms with Crippen molar-refractivity contribution < 1.29 is 19.0 Å². The van der Waals surface area contributed by atoms with Crippen LogP contribution in [0.25, 0.3) is 0 Å². The topological polar surface area (TPSA) is 82.8 Å². The van der Waals surface area contributed by atoms with Crippen LogP contribution in [0, 0.1) is 0 Å². The van der Waals surface area contributed by atoms with Crippen LogP contribution in [0.1, 0.15) is 0 Å². The first kappa shape index (κ1) is 12.1. The monoisotopic (exact) mass is 226 g/mol. The Hall–Kier alpha value is -1.95. The normalized spacial score (nSPS) is 9.44. The van der Waals surface area contributed by atoms with Crippen molar-refractivity contribution in [1.82, 2.24) is 5.43 Å². The van der Waals surface area contributed by atoms with E-state index in [4.69, 9.17) is 20.1 Å². The molecule has 0 bridgehead atoms. The molecule has 0 aliphatic rings. The van der Waals surface area contributed by atoms with Gasteiger partial charge in [-0.1, -0.05) is 0 Å². The molecule has 0 fully saturated rings. The lowest BCUT2D eigenvalue weighted by Crippen LogP contribution is -2.34. The second-order valence-electron chi connectivity index (χ2n) is 2.90. The van der Waals surface area contributed by atoms with Gasteiger partial charge in [0.1, 0.15) is 17.2 Å². The van der Waals surface area contributed by atoms with Gasteiger partial charge in [0.15, 0.2) is 6.61 Å². The molecule has 0 aliphatic heterocycles. The molecular formula is C10H14N2O4. The molecule has 16 heavy (non-hydrogen) atoms. The Labute approximate surface area is 93.3 Å². The minimum absolute atomic E-state index is 0.160. The maximum Gasteiger partial charge on any atom is 0.271 e. The minimum Gasteiger partial charge on any atom is -0.496 e. The SMILES string of the molecule is COc1cc(OC)cc(OCC(=O)NN)c1. The fraction of sp³-hybridized carbons (Fsp3) is 0.300. The predicted molar refractivity (Wildman–Crippen MR) is 57.4 cm³/mol. The molecule has 0 spiro atoms. The summed E-state index contributed by atoms with van der Waals surface area (Å²) in [6.45, 7) is -0.160. The number of amides is 1. The van der Waals surface area contributed by atoms with Gasteiger partial charge in [-0.05, 0) is 0 Å². The summed E-state index contributed by atoms with van der Waals surface area (Å²) in [5.41, 5.74) is 1.97. The Bertz CT molecular complexity index is 346. The molecule has 0 saturated heterocycles. The van der Waals surface area contributed by atoms with Crippen LogP contribution < -0.4 is 25.5 Å². The largest absolute Gasteiger partial charge is 0.496 e. The maximum atomic E-state index is 10.9. The third-order valence-corrected chi connectivity index (χ3v) is 1.86. The molecule has 0 saturated carbocycles. The number of hydrogen-bond acceptors (Lipinski definition) is 5. The number of hydrazine groups is 1. The second-order valence-corrected chi connectivity index (χ2v) is 2.90. The highest BCUT2D eigenvalue weighted by Crippen LogP contribution is 2.27. The Morgan fingerprint density at radius 1 is 1.19 bits per heavy atom. The Morgan fingerprint density at radius 3 is 2.12 bits per heavy atom. The molecule has 3 N–H and O–H groups in total. The average Bonchev–Trinajstić information content (AvgIpc) is 2.35. The molecule has 0 atom stereocenters. The van der Waals surface area contributed by atoms with E-state index in [1.807, 2.05) is 5.43 Å². The first-order valence-corrected chi connectivity index (χ1v) is 4.55. The van der Waals surface area contributed by atoms with Crippen molar-refractivity contribution in [2.75, 3.05) is 20.8 Å². The van der Waals surface area contributed by atoms with E-state index in [0.29, 0.717) is 17.2 Å². The lowest BCUT2D eigenvalue weighted by atomic mass is 10.3. The fourth-order valence-corrected chi connectivity index (χ4v) is 1.06. The number of methoxy groups -OCH3 is 2. The van der Waals surface area contributed by atoms with Gasteiger partial charge in [0.25, 0.3) is 5.91 Å². The molecule has 6 nitrogen and oxygen atoms in total. The number of carbonyl (C=O) groups excluding carboxylic acids is 1. The molecule has 6 heteroatoms. The van der Waals surface area contributed by atoms with Crippen LogP contribution in [0.2, 0.25) is 0 Å². The van der Waals surface area contributed by atoms with Crippen molar-refractivity contribution in [3.63, 3.8) is 0 Å². The van der Waals surface area contributed by atoms with E-state index in [-0.39, 0.29) is 6.61 Å². The van der Waals surface area contributed by atoms with E-state index in [1.165, 1.54) is 14.2 Å².